The molecule has 3 unspecified atom stereocenters. The fourth-order valence-electron chi connectivity index (χ4n) is 3.10. The second-order valence-corrected chi connectivity index (χ2v) is 6.25. The molecule has 0 aromatic heterocycles. The van der Waals surface area contributed by atoms with Crippen LogP contribution < -0.4 is 5.32 Å². The average molecular weight is 268 g/mol. The maximum atomic E-state index is 12.4. The van der Waals surface area contributed by atoms with Crippen LogP contribution in [0.4, 0.5) is 4.79 Å². The summed E-state index contributed by atoms with van der Waals surface area (Å²) in [5.41, 5.74) is -1.12. The minimum absolute atomic E-state index is 0.0735. The Kier molecular flexibility index (Phi) is 3.74. The number of carboxylic acids is 1. The van der Waals surface area contributed by atoms with E-state index in [0.717, 1.165) is 32.1 Å². The molecule has 0 bridgehead atoms. The Hall–Kier alpha value is -1.26. The molecule has 0 radical (unpaired) electrons. The van der Waals surface area contributed by atoms with E-state index in [0.29, 0.717) is 0 Å². The molecule has 1 saturated heterocycles. The van der Waals surface area contributed by atoms with Crippen molar-refractivity contribution in [1.82, 2.24) is 10.2 Å². The van der Waals surface area contributed by atoms with Gasteiger partial charge < -0.3 is 15.3 Å². The van der Waals surface area contributed by atoms with Gasteiger partial charge in [-0.2, -0.15) is 0 Å². The third kappa shape index (κ3) is 2.69. The number of urea groups is 1. The van der Waals surface area contributed by atoms with Crippen molar-refractivity contribution in [2.24, 2.45) is 5.92 Å². The lowest BCUT2D eigenvalue weighted by atomic mass is 9.95. The predicted octanol–water partition coefficient (Wildman–Crippen LogP) is 2.21. The highest BCUT2D eigenvalue weighted by Crippen LogP contribution is 2.40. The Morgan fingerprint density at radius 3 is 2.11 bits per heavy atom. The molecule has 0 spiro atoms. The molecule has 5 nitrogen and oxygen atoms in total. The van der Waals surface area contributed by atoms with E-state index < -0.39 is 11.5 Å². The molecule has 5 heteroatoms. The third-order valence-corrected chi connectivity index (χ3v) is 4.63. The summed E-state index contributed by atoms with van der Waals surface area (Å²) in [6.07, 6.45) is 4.88. The minimum Gasteiger partial charge on any atom is -0.480 e. The van der Waals surface area contributed by atoms with Crippen molar-refractivity contribution < 1.29 is 14.7 Å². The standard InChI is InChI=1S/C14H24N2O3/c1-9-5-4-6-10(2)16(9)13(19)15-14(3,12(17)18)11-7-8-11/h9-11H,4-8H2,1-3H3,(H,15,19)(H,17,18). The zero-order valence-corrected chi connectivity index (χ0v) is 12.0. The van der Waals surface area contributed by atoms with Gasteiger partial charge in [-0.05, 0) is 58.8 Å². The van der Waals surface area contributed by atoms with Crippen LogP contribution in [0.2, 0.25) is 0 Å². The van der Waals surface area contributed by atoms with Gasteiger partial charge in [0.05, 0.1) is 0 Å². The molecule has 2 amide bonds. The Morgan fingerprint density at radius 1 is 1.16 bits per heavy atom. The number of carbonyl (C=O) groups excluding carboxylic acids is 1. The van der Waals surface area contributed by atoms with E-state index in [4.69, 9.17) is 0 Å². The number of rotatable bonds is 3. The van der Waals surface area contributed by atoms with Gasteiger partial charge in [-0.1, -0.05) is 0 Å². The largest absolute Gasteiger partial charge is 0.480 e. The number of hydrogen-bond acceptors (Lipinski definition) is 2. The summed E-state index contributed by atoms with van der Waals surface area (Å²) in [5, 5.41) is 12.2. The van der Waals surface area contributed by atoms with Crippen LogP contribution in [-0.4, -0.2) is 39.6 Å². The van der Waals surface area contributed by atoms with Crippen LogP contribution in [-0.2, 0) is 4.79 Å². The molecule has 2 aliphatic rings. The van der Waals surface area contributed by atoms with Crippen LogP contribution in [0.25, 0.3) is 0 Å². The zero-order chi connectivity index (χ0) is 14.2. The summed E-state index contributed by atoms with van der Waals surface area (Å²) in [6, 6.07) is 0.137. The Labute approximate surface area is 114 Å². The summed E-state index contributed by atoms with van der Waals surface area (Å²) in [6.45, 7) is 5.69. The summed E-state index contributed by atoms with van der Waals surface area (Å²) >= 11 is 0. The molecule has 3 atom stereocenters. The lowest BCUT2D eigenvalue weighted by molar-refractivity contribution is -0.144. The SMILES string of the molecule is CC1CCCC(C)N1C(=O)NC(C)(C(=O)O)C1CC1. The van der Waals surface area contributed by atoms with E-state index >= 15 is 0 Å². The number of hydrogen-bond donors (Lipinski definition) is 2. The van der Waals surface area contributed by atoms with Crippen molar-refractivity contribution in [1.29, 1.82) is 0 Å². The van der Waals surface area contributed by atoms with E-state index in [1.54, 1.807) is 6.92 Å². The predicted molar refractivity (Wildman–Crippen MR) is 71.9 cm³/mol. The number of carboxylic acid groups (broad SMARTS) is 1. The summed E-state index contributed by atoms with van der Waals surface area (Å²) < 4.78 is 0. The first-order valence-corrected chi connectivity index (χ1v) is 7.20. The Bertz CT molecular complexity index is 371. The maximum Gasteiger partial charge on any atom is 0.329 e. The van der Waals surface area contributed by atoms with Crippen LogP contribution in [0.15, 0.2) is 0 Å². The van der Waals surface area contributed by atoms with Crippen molar-refractivity contribution in [3.05, 3.63) is 0 Å². The molecule has 0 aromatic carbocycles. The number of piperidine rings is 1. The fraction of sp³-hybridized carbons (Fsp3) is 0.857. The molecule has 2 rings (SSSR count). The molecule has 19 heavy (non-hydrogen) atoms. The highest BCUT2D eigenvalue weighted by molar-refractivity contribution is 5.86. The van der Waals surface area contributed by atoms with Gasteiger partial charge >= 0.3 is 12.0 Å². The molecule has 2 N–H and O–H groups in total. The van der Waals surface area contributed by atoms with Gasteiger partial charge in [0.15, 0.2) is 0 Å². The van der Waals surface area contributed by atoms with Gasteiger partial charge in [0.25, 0.3) is 0 Å². The average Bonchev–Trinajstić information content (AvgIpc) is 3.12. The number of amides is 2. The fourth-order valence-corrected chi connectivity index (χ4v) is 3.10. The van der Waals surface area contributed by atoms with Crippen molar-refractivity contribution in [2.45, 2.75) is 70.5 Å². The van der Waals surface area contributed by atoms with Gasteiger partial charge in [0, 0.05) is 12.1 Å². The molecular weight excluding hydrogens is 244 g/mol. The minimum atomic E-state index is -1.12. The van der Waals surface area contributed by atoms with Crippen LogP contribution in [0.1, 0.15) is 52.9 Å². The lowest BCUT2D eigenvalue weighted by Crippen LogP contribution is -2.61. The quantitative estimate of drug-likeness (QED) is 0.824. The monoisotopic (exact) mass is 268 g/mol. The molecule has 2 fully saturated rings. The normalized spacial score (nSPS) is 30.6. The van der Waals surface area contributed by atoms with Gasteiger partial charge in [-0.25, -0.2) is 9.59 Å². The second kappa shape index (κ2) is 5.02. The smallest absolute Gasteiger partial charge is 0.329 e. The van der Waals surface area contributed by atoms with Crippen molar-refractivity contribution in [3.8, 4) is 0 Å². The topological polar surface area (TPSA) is 69.6 Å². The zero-order valence-electron chi connectivity index (χ0n) is 12.0. The second-order valence-electron chi connectivity index (χ2n) is 6.25. The van der Waals surface area contributed by atoms with Crippen molar-refractivity contribution >= 4 is 12.0 Å². The molecule has 1 aliphatic heterocycles. The lowest BCUT2D eigenvalue weighted by Gasteiger charge is -2.41. The first-order chi connectivity index (χ1) is 8.86. The molecule has 108 valence electrons. The van der Waals surface area contributed by atoms with Crippen LogP contribution in [0.3, 0.4) is 0 Å². The van der Waals surface area contributed by atoms with E-state index in [9.17, 15) is 14.7 Å². The van der Waals surface area contributed by atoms with Gasteiger partial charge in [0.2, 0.25) is 0 Å². The molecule has 1 saturated carbocycles. The molecule has 0 aromatic rings. The highest BCUT2D eigenvalue weighted by Gasteiger charge is 2.49. The maximum absolute atomic E-state index is 12.4. The van der Waals surface area contributed by atoms with Crippen LogP contribution in [0, 0.1) is 5.92 Å². The number of nitrogens with zero attached hydrogens (tertiary/aromatic N) is 1. The Balaban J connectivity index is 2.08. The number of nitrogens with one attached hydrogen (secondary N) is 1. The molecular formula is C14H24N2O3. The van der Waals surface area contributed by atoms with E-state index in [1.807, 2.05) is 18.7 Å². The summed E-state index contributed by atoms with van der Waals surface area (Å²) in [7, 11) is 0. The first kappa shape index (κ1) is 14.2. The number of likely N-dealkylation sites (tertiary alicyclic amines) is 1. The number of carbonyl (C=O) groups is 2. The van der Waals surface area contributed by atoms with Crippen molar-refractivity contribution in [3.63, 3.8) is 0 Å². The molecule has 1 heterocycles. The van der Waals surface area contributed by atoms with Gasteiger partial charge in [-0.15, -0.1) is 0 Å². The summed E-state index contributed by atoms with van der Waals surface area (Å²) in [4.78, 5) is 25.7. The summed E-state index contributed by atoms with van der Waals surface area (Å²) in [5.74, 6) is -0.856. The van der Waals surface area contributed by atoms with Gasteiger partial charge in [0.1, 0.15) is 5.54 Å². The van der Waals surface area contributed by atoms with Crippen molar-refractivity contribution in [2.75, 3.05) is 0 Å². The Morgan fingerprint density at radius 2 is 1.68 bits per heavy atom. The van der Waals surface area contributed by atoms with E-state index in [-0.39, 0.29) is 24.0 Å². The third-order valence-electron chi connectivity index (χ3n) is 4.63. The van der Waals surface area contributed by atoms with E-state index in [2.05, 4.69) is 5.32 Å². The van der Waals surface area contributed by atoms with Gasteiger partial charge in [-0.3, -0.25) is 0 Å². The van der Waals surface area contributed by atoms with Crippen LogP contribution >= 0.6 is 0 Å². The first-order valence-electron chi connectivity index (χ1n) is 7.20. The molecule has 1 aliphatic carbocycles. The number of aliphatic carboxylic acids is 1. The van der Waals surface area contributed by atoms with E-state index in [1.165, 1.54) is 0 Å². The van der Waals surface area contributed by atoms with Crippen LogP contribution in [0.5, 0.6) is 0 Å². The highest BCUT2D eigenvalue weighted by atomic mass is 16.4.